The van der Waals surface area contributed by atoms with Crippen LogP contribution in [0.15, 0.2) is 182 Å². The van der Waals surface area contributed by atoms with E-state index in [4.69, 9.17) is 4.98 Å². The number of para-hydroxylation sites is 3. The zero-order valence-corrected chi connectivity index (χ0v) is 28.2. The van der Waals surface area contributed by atoms with Crippen LogP contribution in [0.3, 0.4) is 0 Å². The number of benzene rings is 8. The van der Waals surface area contributed by atoms with Crippen LogP contribution < -0.4 is 0 Å². The van der Waals surface area contributed by atoms with Crippen LogP contribution >= 0.6 is 0 Å². The fourth-order valence-corrected chi connectivity index (χ4v) is 9.73. The van der Waals surface area contributed by atoms with Crippen LogP contribution in [0.1, 0.15) is 22.3 Å². The van der Waals surface area contributed by atoms with Crippen LogP contribution in [0, 0.1) is 0 Å². The minimum atomic E-state index is -0.406. The van der Waals surface area contributed by atoms with Gasteiger partial charge in [-0.1, -0.05) is 140 Å². The molecule has 2 aliphatic rings. The molecule has 12 rings (SSSR count). The molecule has 10 aromatic rings. The standard InChI is InChI=1S/C50H30N2/c1-7-19-42-33(13-1)34-14-2-8-20-43(34)50(42)44-21-9-3-15-35(44)40-29-39-36-16-4-10-22-46(36)51-49(41(39)30-45(40)50)31-25-27-32(28-26-31)52-47-23-11-5-17-37(47)38-18-6-12-24-48(38)52/h1-30H. The van der Waals surface area contributed by atoms with E-state index in [1.807, 2.05) is 0 Å². The number of pyridine rings is 1. The molecule has 0 aliphatic heterocycles. The molecule has 0 bridgehead atoms. The molecule has 0 unspecified atom stereocenters. The summed E-state index contributed by atoms with van der Waals surface area (Å²) in [6.45, 7) is 0. The Balaban J connectivity index is 1.14. The van der Waals surface area contributed by atoms with Gasteiger partial charge in [0.15, 0.2) is 0 Å². The van der Waals surface area contributed by atoms with Gasteiger partial charge in [0.2, 0.25) is 0 Å². The van der Waals surface area contributed by atoms with Gasteiger partial charge in [0, 0.05) is 32.8 Å². The second-order valence-electron chi connectivity index (χ2n) is 14.2. The Kier molecular flexibility index (Phi) is 5.46. The first kappa shape index (κ1) is 28.0. The van der Waals surface area contributed by atoms with Gasteiger partial charge >= 0.3 is 0 Å². The third kappa shape index (κ3) is 3.46. The van der Waals surface area contributed by atoms with Crippen molar-refractivity contribution in [2.24, 2.45) is 0 Å². The fraction of sp³-hybridized carbons (Fsp3) is 0.0200. The molecule has 0 saturated heterocycles. The lowest BCUT2D eigenvalue weighted by molar-refractivity contribution is 0.795. The monoisotopic (exact) mass is 658 g/mol. The Morgan fingerprint density at radius 3 is 1.48 bits per heavy atom. The smallest absolute Gasteiger partial charge is 0.0788 e. The second kappa shape index (κ2) is 10.2. The van der Waals surface area contributed by atoms with Crippen molar-refractivity contribution in [3.63, 3.8) is 0 Å². The molecule has 240 valence electrons. The van der Waals surface area contributed by atoms with Crippen molar-refractivity contribution in [1.82, 2.24) is 9.55 Å². The van der Waals surface area contributed by atoms with Gasteiger partial charge in [-0.3, -0.25) is 0 Å². The molecule has 1 spiro atoms. The summed E-state index contributed by atoms with van der Waals surface area (Å²) in [5, 5.41) is 6.12. The van der Waals surface area contributed by atoms with E-state index in [0.29, 0.717) is 0 Å². The van der Waals surface area contributed by atoms with Crippen LogP contribution in [-0.4, -0.2) is 9.55 Å². The van der Waals surface area contributed by atoms with Crippen LogP contribution in [0.2, 0.25) is 0 Å². The van der Waals surface area contributed by atoms with E-state index in [1.54, 1.807) is 0 Å². The molecule has 0 saturated carbocycles. The van der Waals surface area contributed by atoms with E-state index in [-0.39, 0.29) is 0 Å². The van der Waals surface area contributed by atoms with Crippen molar-refractivity contribution < 1.29 is 0 Å². The highest BCUT2D eigenvalue weighted by atomic mass is 15.0. The molecular formula is C50H30N2. The molecule has 2 heteroatoms. The van der Waals surface area contributed by atoms with Crippen LogP contribution in [-0.2, 0) is 5.41 Å². The topological polar surface area (TPSA) is 17.8 Å². The number of hydrogen-bond donors (Lipinski definition) is 0. The number of rotatable bonds is 2. The minimum Gasteiger partial charge on any atom is -0.309 e. The zero-order chi connectivity index (χ0) is 34.0. The molecule has 0 atom stereocenters. The van der Waals surface area contributed by atoms with Crippen molar-refractivity contribution in [2.75, 3.05) is 0 Å². The number of nitrogens with zero attached hydrogens (tertiary/aromatic N) is 2. The zero-order valence-electron chi connectivity index (χ0n) is 28.2. The Morgan fingerprint density at radius 2 is 0.865 bits per heavy atom. The maximum Gasteiger partial charge on any atom is 0.0788 e. The lowest BCUT2D eigenvalue weighted by Crippen LogP contribution is -2.25. The summed E-state index contributed by atoms with van der Waals surface area (Å²) in [6, 6.07) is 67.1. The highest BCUT2D eigenvalue weighted by Gasteiger charge is 2.51. The quantitative estimate of drug-likeness (QED) is 0.169. The van der Waals surface area contributed by atoms with Gasteiger partial charge < -0.3 is 4.57 Å². The van der Waals surface area contributed by atoms with Crippen LogP contribution in [0.4, 0.5) is 0 Å². The first-order chi connectivity index (χ1) is 25.8. The van der Waals surface area contributed by atoms with Gasteiger partial charge in [-0.05, 0) is 92.4 Å². The normalized spacial score (nSPS) is 13.5. The Labute approximate surface area is 300 Å². The molecular weight excluding hydrogens is 629 g/mol. The first-order valence-electron chi connectivity index (χ1n) is 18.1. The first-order valence-corrected chi connectivity index (χ1v) is 18.1. The summed E-state index contributed by atoms with van der Waals surface area (Å²) in [6.07, 6.45) is 0. The molecule has 0 N–H and O–H groups in total. The van der Waals surface area contributed by atoms with Gasteiger partial charge in [-0.15, -0.1) is 0 Å². The van der Waals surface area contributed by atoms with E-state index < -0.39 is 5.41 Å². The largest absolute Gasteiger partial charge is 0.309 e. The van der Waals surface area contributed by atoms with Crippen molar-refractivity contribution in [3.05, 3.63) is 204 Å². The molecule has 2 heterocycles. The summed E-state index contributed by atoms with van der Waals surface area (Å²) < 4.78 is 2.38. The van der Waals surface area contributed by atoms with E-state index >= 15 is 0 Å². The summed E-state index contributed by atoms with van der Waals surface area (Å²) in [4.78, 5) is 5.44. The van der Waals surface area contributed by atoms with Crippen molar-refractivity contribution >= 4 is 43.5 Å². The molecule has 52 heavy (non-hydrogen) atoms. The summed E-state index contributed by atoms with van der Waals surface area (Å²) in [5.41, 5.74) is 16.9. The maximum atomic E-state index is 5.44. The minimum absolute atomic E-state index is 0.406. The van der Waals surface area contributed by atoms with E-state index in [0.717, 1.165) is 22.5 Å². The number of hydrogen-bond acceptors (Lipinski definition) is 1. The maximum absolute atomic E-state index is 5.44. The van der Waals surface area contributed by atoms with Gasteiger partial charge in [-0.25, -0.2) is 4.98 Å². The highest BCUT2D eigenvalue weighted by Crippen LogP contribution is 2.63. The van der Waals surface area contributed by atoms with Gasteiger partial charge in [-0.2, -0.15) is 0 Å². The lowest BCUT2D eigenvalue weighted by atomic mass is 9.70. The van der Waals surface area contributed by atoms with Gasteiger partial charge in [0.25, 0.3) is 0 Å². The Bertz CT molecular complexity index is 3030. The predicted octanol–water partition coefficient (Wildman–Crippen LogP) is 12.5. The third-order valence-electron chi connectivity index (χ3n) is 11.8. The number of aromatic nitrogens is 2. The van der Waals surface area contributed by atoms with E-state index in [2.05, 4.69) is 187 Å². The second-order valence-corrected chi connectivity index (χ2v) is 14.2. The van der Waals surface area contributed by atoms with Crippen molar-refractivity contribution in [1.29, 1.82) is 0 Å². The molecule has 0 radical (unpaired) electrons. The van der Waals surface area contributed by atoms with Crippen molar-refractivity contribution in [2.45, 2.75) is 5.41 Å². The average molecular weight is 659 g/mol. The van der Waals surface area contributed by atoms with Crippen LogP contribution in [0.25, 0.3) is 82.7 Å². The Hall–Kier alpha value is -6.77. The molecule has 8 aromatic carbocycles. The average Bonchev–Trinajstić information content (AvgIpc) is 3.82. The molecule has 2 nitrogen and oxygen atoms in total. The number of fused-ring (bicyclic) bond motifs is 16. The third-order valence-corrected chi connectivity index (χ3v) is 11.8. The predicted molar refractivity (Wildman–Crippen MR) is 215 cm³/mol. The summed E-state index contributed by atoms with van der Waals surface area (Å²) in [5.74, 6) is 0. The summed E-state index contributed by atoms with van der Waals surface area (Å²) in [7, 11) is 0. The van der Waals surface area contributed by atoms with Crippen molar-refractivity contribution in [3.8, 4) is 39.2 Å². The summed E-state index contributed by atoms with van der Waals surface area (Å²) >= 11 is 0. The lowest BCUT2D eigenvalue weighted by Gasteiger charge is -2.30. The SMILES string of the molecule is c1ccc2c(c1)-c1ccccc1C21c2ccccc2-c2cc3c(cc21)c(-c1ccc(-n2c4ccccc4c4ccccc42)cc1)nc1ccccc13. The molecule has 0 amide bonds. The van der Waals surface area contributed by atoms with Gasteiger partial charge in [0.05, 0.1) is 27.7 Å². The van der Waals surface area contributed by atoms with E-state index in [9.17, 15) is 0 Å². The highest BCUT2D eigenvalue weighted by molar-refractivity contribution is 6.14. The molecule has 2 aromatic heterocycles. The van der Waals surface area contributed by atoms with E-state index in [1.165, 1.54) is 82.5 Å². The molecule has 0 fully saturated rings. The van der Waals surface area contributed by atoms with Gasteiger partial charge in [0.1, 0.15) is 0 Å². The Morgan fingerprint density at radius 1 is 0.365 bits per heavy atom. The fourth-order valence-electron chi connectivity index (χ4n) is 9.73. The molecule has 2 aliphatic carbocycles. The van der Waals surface area contributed by atoms with Crippen LogP contribution in [0.5, 0.6) is 0 Å².